The van der Waals surface area contributed by atoms with Gasteiger partial charge < -0.3 is 14.8 Å². The molecule has 0 unspecified atom stereocenters. The van der Waals surface area contributed by atoms with Crippen LogP contribution in [0.1, 0.15) is 25.0 Å². The second-order valence-electron chi connectivity index (χ2n) is 6.29. The van der Waals surface area contributed by atoms with Crippen molar-refractivity contribution >= 4 is 56.5 Å². The first-order chi connectivity index (χ1) is 14.5. The van der Waals surface area contributed by atoms with Crippen LogP contribution in [0.15, 0.2) is 56.8 Å². The van der Waals surface area contributed by atoms with Crippen molar-refractivity contribution in [3.63, 3.8) is 0 Å². The first-order valence-electron chi connectivity index (χ1n) is 9.45. The number of rotatable bonds is 7. The van der Waals surface area contributed by atoms with E-state index in [1.165, 1.54) is 17.3 Å². The van der Waals surface area contributed by atoms with E-state index in [0.717, 1.165) is 17.7 Å². The zero-order chi connectivity index (χ0) is 21.5. The maximum Gasteiger partial charge on any atom is 0.344 e. The average molecular weight is 489 g/mol. The maximum absolute atomic E-state index is 12.3. The number of aryl methyl sites for hydroxylation is 1. The number of hydrogen-bond acceptors (Lipinski definition) is 6. The van der Waals surface area contributed by atoms with Crippen LogP contribution in [0.25, 0.3) is 6.08 Å². The van der Waals surface area contributed by atoms with Crippen molar-refractivity contribution in [1.82, 2.24) is 5.32 Å². The van der Waals surface area contributed by atoms with E-state index >= 15 is 0 Å². The number of ether oxygens (including phenoxy) is 2. The molecular weight excluding hydrogens is 468 g/mol. The van der Waals surface area contributed by atoms with E-state index < -0.39 is 5.97 Å². The monoisotopic (exact) mass is 488 g/mol. The lowest BCUT2D eigenvalue weighted by Gasteiger charge is -2.08. The quantitative estimate of drug-likeness (QED) is 0.445. The van der Waals surface area contributed by atoms with Gasteiger partial charge >= 0.3 is 5.97 Å². The topological polar surface area (TPSA) is 77.0 Å². The number of halogens is 1. The van der Waals surface area contributed by atoms with Gasteiger partial charge in [0.2, 0.25) is 0 Å². The molecule has 1 fully saturated rings. The van der Waals surface area contributed by atoms with E-state index in [0.29, 0.717) is 26.9 Å². The molecule has 0 radical (unpaired) electrons. The van der Waals surface area contributed by atoms with E-state index in [4.69, 9.17) is 9.47 Å². The largest absolute Gasteiger partial charge is 0.481 e. The Balaban J connectivity index is 1.68. The highest BCUT2D eigenvalue weighted by Crippen LogP contribution is 2.31. The zero-order valence-corrected chi connectivity index (χ0v) is 19.0. The number of amides is 1. The summed E-state index contributed by atoms with van der Waals surface area (Å²) in [5.41, 5.74) is 2.85. The highest BCUT2D eigenvalue weighted by atomic mass is 79.9. The van der Waals surface area contributed by atoms with Crippen LogP contribution >= 0.6 is 27.7 Å². The number of nitrogens with one attached hydrogen (secondary N) is 1. The van der Waals surface area contributed by atoms with Gasteiger partial charge in [0.1, 0.15) is 5.75 Å². The highest BCUT2D eigenvalue weighted by Gasteiger charge is 2.24. The summed E-state index contributed by atoms with van der Waals surface area (Å²) < 4.78 is 11.0. The van der Waals surface area contributed by atoms with Gasteiger partial charge in [0, 0.05) is 0 Å². The third-order valence-corrected chi connectivity index (χ3v) is 5.66. The number of hydrogen-bond donors (Lipinski definition) is 1. The molecule has 2 aromatic carbocycles. The molecule has 0 aromatic heterocycles. The van der Waals surface area contributed by atoms with Gasteiger partial charge in [-0.15, -0.1) is 0 Å². The molecule has 8 heteroatoms. The molecule has 1 saturated heterocycles. The van der Waals surface area contributed by atoms with Crippen molar-refractivity contribution in [2.75, 3.05) is 13.2 Å². The van der Waals surface area contributed by atoms with Crippen LogP contribution in [-0.2, 0) is 20.7 Å². The van der Waals surface area contributed by atoms with Gasteiger partial charge in [-0.25, -0.2) is 9.79 Å². The Kier molecular flexibility index (Phi) is 7.70. The molecule has 0 saturated carbocycles. The Morgan fingerprint density at radius 1 is 1.20 bits per heavy atom. The Morgan fingerprint density at radius 2 is 1.97 bits per heavy atom. The van der Waals surface area contributed by atoms with Crippen molar-refractivity contribution in [2.45, 2.75) is 20.3 Å². The van der Waals surface area contributed by atoms with Crippen molar-refractivity contribution in [1.29, 1.82) is 0 Å². The van der Waals surface area contributed by atoms with Gasteiger partial charge in [-0.2, -0.15) is 0 Å². The van der Waals surface area contributed by atoms with Gasteiger partial charge in [0.15, 0.2) is 11.8 Å². The number of benzene rings is 2. The Hall–Kier alpha value is -2.58. The molecule has 1 N–H and O–H groups in total. The lowest BCUT2D eigenvalue weighted by molar-refractivity contribution is -0.145. The van der Waals surface area contributed by atoms with Crippen LogP contribution in [0.3, 0.4) is 0 Å². The lowest BCUT2D eigenvalue weighted by atomic mass is 10.2. The first-order valence-corrected chi connectivity index (χ1v) is 11.1. The summed E-state index contributed by atoms with van der Waals surface area (Å²) in [7, 11) is 0. The van der Waals surface area contributed by atoms with Gasteiger partial charge in [-0.05, 0) is 82.5 Å². The summed E-state index contributed by atoms with van der Waals surface area (Å²) in [6.45, 7) is 3.99. The predicted octanol–water partition coefficient (Wildman–Crippen LogP) is 4.85. The summed E-state index contributed by atoms with van der Waals surface area (Å²) in [5, 5.41) is 3.34. The number of carbonyl (C=O) groups is 2. The summed E-state index contributed by atoms with van der Waals surface area (Å²) in [4.78, 5) is 28.8. The Morgan fingerprint density at radius 3 is 2.63 bits per heavy atom. The van der Waals surface area contributed by atoms with Crippen molar-refractivity contribution in [2.24, 2.45) is 4.99 Å². The number of carbonyl (C=O) groups excluding carboxylic acids is 2. The van der Waals surface area contributed by atoms with E-state index in [-0.39, 0.29) is 12.5 Å². The van der Waals surface area contributed by atoms with Crippen LogP contribution in [-0.4, -0.2) is 30.3 Å². The van der Waals surface area contributed by atoms with Crippen molar-refractivity contribution in [3.8, 4) is 5.75 Å². The molecule has 0 atom stereocenters. The minimum absolute atomic E-state index is 0.163. The van der Waals surface area contributed by atoms with Gasteiger partial charge in [0.05, 0.1) is 21.7 Å². The molecule has 6 nitrogen and oxygen atoms in total. The van der Waals surface area contributed by atoms with Crippen LogP contribution in [0, 0.1) is 0 Å². The number of thioether (sulfide) groups is 1. The van der Waals surface area contributed by atoms with E-state index in [2.05, 4.69) is 33.2 Å². The normalized spacial score (nSPS) is 16.0. The smallest absolute Gasteiger partial charge is 0.344 e. The molecule has 0 bridgehead atoms. The van der Waals surface area contributed by atoms with Crippen LogP contribution in [0.5, 0.6) is 5.75 Å². The second-order valence-corrected chi connectivity index (χ2v) is 8.17. The van der Waals surface area contributed by atoms with Gasteiger partial charge in [0.25, 0.3) is 5.91 Å². The fourth-order valence-electron chi connectivity index (χ4n) is 2.62. The second kappa shape index (κ2) is 10.4. The molecular formula is C22H21BrN2O4S. The van der Waals surface area contributed by atoms with Gasteiger partial charge in [-0.1, -0.05) is 25.1 Å². The zero-order valence-electron chi connectivity index (χ0n) is 16.6. The van der Waals surface area contributed by atoms with E-state index in [1.807, 2.05) is 36.4 Å². The molecule has 1 aliphatic heterocycles. The molecule has 30 heavy (non-hydrogen) atoms. The molecule has 1 amide bonds. The molecule has 156 valence electrons. The summed E-state index contributed by atoms with van der Waals surface area (Å²) >= 11 is 4.72. The highest BCUT2D eigenvalue weighted by molar-refractivity contribution is 9.10. The van der Waals surface area contributed by atoms with Crippen molar-refractivity contribution in [3.05, 3.63) is 63.0 Å². The summed E-state index contributed by atoms with van der Waals surface area (Å²) in [6, 6.07) is 13.3. The Bertz CT molecular complexity index is 1000. The molecule has 1 heterocycles. The minimum atomic E-state index is -0.425. The standard InChI is InChI=1S/C22H21BrN2O4S/c1-3-14-5-8-16(9-6-14)24-22-25-21(27)19(30-22)12-15-7-10-18(17(23)11-15)29-13-20(26)28-4-2/h5-12H,3-4,13H2,1-2H3,(H,24,25,27)/b19-12-. The molecule has 0 aliphatic carbocycles. The third-order valence-electron chi connectivity index (χ3n) is 4.13. The minimum Gasteiger partial charge on any atom is -0.481 e. The fourth-order valence-corrected chi connectivity index (χ4v) is 3.97. The summed E-state index contributed by atoms with van der Waals surface area (Å²) in [6.07, 6.45) is 2.75. The summed E-state index contributed by atoms with van der Waals surface area (Å²) in [5.74, 6) is -0.0973. The van der Waals surface area contributed by atoms with Crippen LogP contribution < -0.4 is 10.1 Å². The molecule has 3 rings (SSSR count). The predicted molar refractivity (Wildman–Crippen MR) is 123 cm³/mol. The van der Waals surface area contributed by atoms with Crippen LogP contribution in [0.2, 0.25) is 0 Å². The first kappa shape index (κ1) is 22.1. The van der Waals surface area contributed by atoms with E-state index in [1.54, 1.807) is 19.1 Å². The molecule has 1 aliphatic rings. The number of nitrogens with zero attached hydrogens (tertiary/aromatic N) is 1. The molecule has 2 aromatic rings. The van der Waals surface area contributed by atoms with E-state index in [9.17, 15) is 9.59 Å². The van der Waals surface area contributed by atoms with Crippen molar-refractivity contribution < 1.29 is 19.1 Å². The van der Waals surface area contributed by atoms with Gasteiger partial charge in [-0.3, -0.25) is 4.79 Å². The third kappa shape index (κ3) is 5.96. The number of amidine groups is 1. The SMILES string of the molecule is CCOC(=O)COc1ccc(/C=C2\SC(=Nc3ccc(CC)cc3)NC2=O)cc1Br. The maximum atomic E-state index is 12.3. The average Bonchev–Trinajstić information content (AvgIpc) is 3.07. The number of aliphatic imine (C=N–C) groups is 1. The van der Waals surface area contributed by atoms with Crippen LogP contribution in [0.4, 0.5) is 5.69 Å². The number of esters is 1. The fraction of sp³-hybridized carbons (Fsp3) is 0.227. The lowest BCUT2D eigenvalue weighted by Crippen LogP contribution is -2.19. The molecule has 0 spiro atoms. The Labute approximate surface area is 187 Å².